The number of fused-ring (bicyclic) bond motifs is 1. The van der Waals surface area contributed by atoms with Gasteiger partial charge in [0.15, 0.2) is 5.52 Å². The second kappa shape index (κ2) is 10.3. The Balaban J connectivity index is 1.36. The number of carbonyl (C=O) groups excluding carboxylic acids is 1. The van der Waals surface area contributed by atoms with Gasteiger partial charge < -0.3 is 10.1 Å². The van der Waals surface area contributed by atoms with Crippen LogP contribution in [0.25, 0.3) is 16.6 Å². The van der Waals surface area contributed by atoms with Crippen LogP contribution in [0.2, 0.25) is 0 Å². The molecule has 176 valence electrons. The maximum atomic E-state index is 13.0. The normalized spacial score (nSPS) is 11.0. The fourth-order valence-corrected chi connectivity index (χ4v) is 3.69. The molecule has 1 N–H and O–H groups in total. The number of aryl methyl sites for hydroxylation is 2. The van der Waals surface area contributed by atoms with Crippen LogP contribution in [0.5, 0.6) is 5.75 Å². The molecular weight excluding hydrogens is 437 g/mol. The van der Waals surface area contributed by atoms with Crippen molar-refractivity contribution in [3.05, 3.63) is 82.2 Å². The van der Waals surface area contributed by atoms with Crippen molar-refractivity contribution in [3.8, 4) is 11.4 Å². The molecule has 1 amide bonds. The van der Waals surface area contributed by atoms with Crippen molar-refractivity contribution in [1.29, 1.82) is 0 Å². The Morgan fingerprint density at radius 1 is 1.09 bits per heavy atom. The lowest BCUT2D eigenvalue weighted by molar-refractivity contribution is -0.121. The molecule has 0 unspecified atom stereocenters. The number of hydrogen-bond donors (Lipinski definition) is 1. The highest BCUT2D eigenvalue weighted by atomic mass is 19.1. The molecular formula is C25H26FN5O3. The number of benzene rings is 2. The molecule has 0 saturated heterocycles. The molecule has 0 spiro atoms. The lowest BCUT2D eigenvalue weighted by atomic mass is 10.1. The highest BCUT2D eigenvalue weighted by molar-refractivity contribution is 5.79. The van der Waals surface area contributed by atoms with Crippen molar-refractivity contribution in [2.45, 2.75) is 32.7 Å². The van der Waals surface area contributed by atoms with Gasteiger partial charge >= 0.3 is 0 Å². The predicted octanol–water partition coefficient (Wildman–Crippen LogP) is 3.18. The molecule has 0 fully saturated rings. The number of ether oxygens (including phenoxy) is 1. The van der Waals surface area contributed by atoms with Crippen LogP contribution in [-0.4, -0.2) is 39.1 Å². The van der Waals surface area contributed by atoms with E-state index in [9.17, 15) is 14.0 Å². The van der Waals surface area contributed by atoms with Gasteiger partial charge in [0.2, 0.25) is 5.91 Å². The molecule has 0 saturated carbocycles. The summed E-state index contributed by atoms with van der Waals surface area (Å²) in [4.78, 5) is 25.1. The summed E-state index contributed by atoms with van der Waals surface area (Å²) in [6.07, 6.45) is 3.16. The van der Waals surface area contributed by atoms with Crippen LogP contribution in [0, 0.1) is 12.7 Å². The van der Waals surface area contributed by atoms with Gasteiger partial charge in [-0.3, -0.25) is 9.59 Å². The van der Waals surface area contributed by atoms with E-state index >= 15 is 0 Å². The zero-order chi connectivity index (χ0) is 24.1. The predicted molar refractivity (Wildman–Crippen MR) is 127 cm³/mol. The molecule has 0 aliphatic rings. The number of carbonyl (C=O) groups is 1. The largest absolute Gasteiger partial charge is 0.497 e. The van der Waals surface area contributed by atoms with E-state index in [4.69, 9.17) is 4.74 Å². The zero-order valence-electron chi connectivity index (χ0n) is 19.1. The molecule has 0 radical (unpaired) electrons. The van der Waals surface area contributed by atoms with Crippen molar-refractivity contribution in [1.82, 2.24) is 24.9 Å². The Morgan fingerprint density at radius 3 is 2.53 bits per heavy atom. The molecule has 0 atom stereocenters. The lowest BCUT2D eigenvalue weighted by Crippen LogP contribution is -2.27. The second-order valence-corrected chi connectivity index (χ2v) is 7.98. The number of hydrogen-bond acceptors (Lipinski definition) is 5. The molecule has 8 nitrogen and oxygen atoms in total. The third-order valence-corrected chi connectivity index (χ3v) is 5.57. The smallest absolute Gasteiger partial charge is 0.295 e. The van der Waals surface area contributed by atoms with E-state index in [2.05, 4.69) is 15.5 Å². The monoisotopic (exact) mass is 463 g/mol. The highest BCUT2D eigenvalue weighted by Crippen LogP contribution is 2.18. The van der Waals surface area contributed by atoms with Crippen LogP contribution in [0.3, 0.4) is 0 Å². The Kier molecular flexibility index (Phi) is 7.01. The first-order valence-electron chi connectivity index (χ1n) is 11.1. The van der Waals surface area contributed by atoms with Crippen molar-refractivity contribution < 1.29 is 13.9 Å². The Hall–Kier alpha value is -4.01. The molecule has 0 aliphatic heterocycles. The van der Waals surface area contributed by atoms with Gasteiger partial charge in [0.25, 0.3) is 5.56 Å². The molecule has 0 aliphatic carbocycles. The minimum atomic E-state index is -0.287. The SMILES string of the molecule is COc1ccc(-n2cc3c(C)nn(CCCC(=O)NCCc4ccc(F)cc4)c(=O)c3n2)cc1. The van der Waals surface area contributed by atoms with Gasteiger partial charge in [0.05, 0.1) is 18.5 Å². The Morgan fingerprint density at radius 2 is 1.82 bits per heavy atom. The molecule has 2 aromatic carbocycles. The maximum Gasteiger partial charge on any atom is 0.295 e. The van der Waals surface area contributed by atoms with Crippen molar-refractivity contribution in [2.75, 3.05) is 13.7 Å². The van der Waals surface area contributed by atoms with E-state index in [1.807, 2.05) is 31.2 Å². The molecule has 2 aromatic heterocycles. The molecule has 9 heteroatoms. The van der Waals surface area contributed by atoms with E-state index in [-0.39, 0.29) is 23.7 Å². The Labute approximate surface area is 196 Å². The van der Waals surface area contributed by atoms with Gasteiger partial charge in [-0.2, -0.15) is 10.2 Å². The standard InChI is InChI=1S/C25H26FN5O3/c1-17-22-16-31(20-9-11-21(34-2)12-10-20)29-24(22)25(33)30(28-17)15-3-4-23(32)27-14-13-18-5-7-19(26)8-6-18/h5-12,16H,3-4,13-15H2,1-2H3,(H,27,32). The van der Waals surface area contributed by atoms with E-state index in [1.165, 1.54) is 16.8 Å². The van der Waals surface area contributed by atoms with Crippen molar-refractivity contribution >= 4 is 16.8 Å². The third-order valence-electron chi connectivity index (χ3n) is 5.57. The number of halogens is 1. The minimum absolute atomic E-state index is 0.100. The lowest BCUT2D eigenvalue weighted by Gasteiger charge is -2.07. The first-order chi connectivity index (χ1) is 16.4. The molecule has 4 aromatic rings. The van der Waals surface area contributed by atoms with Crippen LogP contribution in [0.15, 0.2) is 59.5 Å². The summed E-state index contributed by atoms with van der Waals surface area (Å²) in [5.74, 6) is 0.356. The molecule has 2 heterocycles. The highest BCUT2D eigenvalue weighted by Gasteiger charge is 2.13. The number of methoxy groups -OCH3 is 1. The zero-order valence-corrected chi connectivity index (χ0v) is 19.1. The summed E-state index contributed by atoms with van der Waals surface area (Å²) >= 11 is 0. The van der Waals surface area contributed by atoms with Crippen molar-refractivity contribution in [2.24, 2.45) is 0 Å². The van der Waals surface area contributed by atoms with Gasteiger partial charge in [0, 0.05) is 31.1 Å². The van der Waals surface area contributed by atoms with E-state index in [1.54, 1.807) is 30.1 Å². The summed E-state index contributed by atoms with van der Waals surface area (Å²) in [5, 5.41) is 12.4. The molecule has 4 rings (SSSR count). The Bertz CT molecular complexity index is 1340. The van der Waals surface area contributed by atoms with E-state index < -0.39 is 0 Å². The number of nitrogens with zero attached hydrogens (tertiary/aromatic N) is 4. The average Bonchev–Trinajstić information content (AvgIpc) is 3.30. The van der Waals surface area contributed by atoms with Crippen molar-refractivity contribution in [3.63, 3.8) is 0 Å². The van der Waals surface area contributed by atoms with Gasteiger partial charge in [-0.05, 0) is 61.7 Å². The van der Waals surface area contributed by atoms with Crippen LogP contribution >= 0.6 is 0 Å². The van der Waals surface area contributed by atoms with Gasteiger partial charge in [-0.15, -0.1) is 0 Å². The van der Waals surface area contributed by atoms with E-state index in [0.717, 1.165) is 17.0 Å². The molecule has 0 bridgehead atoms. The number of aromatic nitrogens is 4. The second-order valence-electron chi connectivity index (χ2n) is 7.98. The van der Waals surface area contributed by atoms with E-state index in [0.29, 0.717) is 42.5 Å². The number of nitrogens with one attached hydrogen (secondary N) is 1. The van der Waals surface area contributed by atoms with Crippen LogP contribution < -0.4 is 15.6 Å². The summed E-state index contributed by atoms with van der Waals surface area (Å²) in [7, 11) is 1.60. The van der Waals surface area contributed by atoms with Gasteiger partial charge in [-0.25, -0.2) is 13.8 Å². The maximum absolute atomic E-state index is 13.0. The van der Waals surface area contributed by atoms with Crippen LogP contribution in [0.1, 0.15) is 24.1 Å². The van der Waals surface area contributed by atoms with Crippen LogP contribution in [-0.2, 0) is 17.8 Å². The van der Waals surface area contributed by atoms with Gasteiger partial charge in [-0.1, -0.05) is 12.1 Å². The quantitative estimate of drug-likeness (QED) is 0.412. The summed E-state index contributed by atoms with van der Waals surface area (Å²) < 4.78 is 21.2. The summed E-state index contributed by atoms with van der Waals surface area (Å²) in [6.45, 7) is 2.62. The molecule has 34 heavy (non-hydrogen) atoms. The average molecular weight is 464 g/mol. The first kappa shape index (κ1) is 23.2. The third kappa shape index (κ3) is 5.31. The number of amides is 1. The van der Waals surface area contributed by atoms with Crippen LogP contribution in [0.4, 0.5) is 4.39 Å². The van der Waals surface area contributed by atoms with Gasteiger partial charge in [0.1, 0.15) is 11.6 Å². The summed E-state index contributed by atoms with van der Waals surface area (Å²) in [6, 6.07) is 13.6. The fraction of sp³-hybridized carbons (Fsp3) is 0.280. The fourth-order valence-electron chi connectivity index (χ4n) is 3.69. The first-order valence-corrected chi connectivity index (χ1v) is 11.1. The topological polar surface area (TPSA) is 91.0 Å². The number of rotatable bonds is 9. The summed E-state index contributed by atoms with van der Waals surface area (Å²) in [5.41, 5.74) is 2.50. The minimum Gasteiger partial charge on any atom is -0.497 e.